The summed E-state index contributed by atoms with van der Waals surface area (Å²) < 4.78 is 11.9. The molecule has 3 aromatic carbocycles. The average Bonchev–Trinajstić information content (AvgIpc) is 2.67. The number of esters is 1. The number of hydrogen-bond acceptors (Lipinski definition) is 5. The molecule has 27 heavy (non-hydrogen) atoms. The first kappa shape index (κ1) is 18.8. The largest absolute Gasteiger partial charge is 0.457 e. The van der Waals surface area contributed by atoms with Gasteiger partial charge >= 0.3 is 5.97 Å². The monoisotopic (exact) mass is 475 g/mol. The van der Waals surface area contributed by atoms with Gasteiger partial charge < -0.3 is 9.47 Å². The van der Waals surface area contributed by atoms with Gasteiger partial charge in [0.25, 0.3) is 5.69 Å². The molecule has 136 valence electrons. The third kappa shape index (κ3) is 5.27. The molecule has 0 unspecified atom stereocenters. The van der Waals surface area contributed by atoms with Crippen molar-refractivity contribution in [2.45, 2.75) is 6.61 Å². The van der Waals surface area contributed by atoms with Gasteiger partial charge in [0.05, 0.1) is 10.5 Å². The molecule has 0 aliphatic rings. The molecule has 0 bridgehead atoms. The molecule has 0 radical (unpaired) electrons. The van der Waals surface area contributed by atoms with Crippen LogP contribution in [0.5, 0.6) is 11.5 Å². The number of carbonyl (C=O) groups excluding carboxylic acids is 1. The first-order valence-corrected chi connectivity index (χ1v) is 9.03. The van der Waals surface area contributed by atoms with E-state index in [1.54, 1.807) is 36.4 Å². The molecule has 0 saturated carbocycles. The van der Waals surface area contributed by atoms with Crippen LogP contribution in [0.3, 0.4) is 0 Å². The molecule has 6 nitrogen and oxygen atoms in total. The van der Waals surface area contributed by atoms with Gasteiger partial charge in [-0.3, -0.25) is 10.1 Å². The number of benzene rings is 3. The molecule has 0 atom stereocenters. The Morgan fingerprint density at radius 3 is 2.19 bits per heavy atom. The number of carbonyl (C=O) groups is 1. The molecule has 0 aromatic heterocycles. The minimum absolute atomic E-state index is 0.00705. The van der Waals surface area contributed by atoms with Crippen molar-refractivity contribution in [3.8, 4) is 11.5 Å². The predicted octanol–water partition coefficient (Wildman–Crippen LogP) is 5.35. The second-order valence-electron chi connectivity index (χ2n) is 5.58. The maximum atomic E-state index is 12.1. The lowest BCUT2D eigenvalue weighted by molar-refractivity contribution is -0.384. The fraction of sp³-hybridized carbons (Fsp3) is 0.0500. The summed E-state index contributed by atoms with van der Waals surface area (Å²) >= 11 is 2.14. The Morgan fingerprint density at radius 2 is 1.59 bits per heavy atom. The number of nitro benzene ring substituents is 1. The number of rotatable bonds is 6. The van der Waals surface area contributed by atoms with E-state index in [4.69, 9.17) is 9.47 Å². The van der Waals surface area contributed by atoms with Crippen LogP contribution in [0.4, 0.5) is 5.69 Å². The van der Waals surface area contributed by atoms with E-state index >= 15 is 0 Å². The van der Waals surface area contributed by atoms with Crippen molar-refractivity contribution in [1.82, 2.24) is 0 Å². The van der Waals surface area contributed by atoms with Crippen LogP contribution in [0, 0.1) is 13.7 Å². The average molecular weight is 475 g/mol. The summed E-state index contributed by atoms with van der Waals surface area (Å²) in [4.78, 5) is 22.2. The topological polar surface area (TPSA) is 78.7 Å². The third-order valence-corrected chi connectivity index (χ3v) is 4.31. The molecule has 0 fully saturated rings. The molecular formula is C20H14INO5. The van der Waals surface area contributed by atoms with Gasteiger partial charge in [-0.15, -0.1) is 0 Å². The molecule has 0 amide bonds. The second kappa shape index (κ2) is 8.63. The number of halogens is 1. The van der Waals surface area contributed by atoms with Crippen molar-refractivity contribution in [1.29, 1.82) is 0 Å². The van der Waals surface area contributed by atoms with Gasteiger partial charge in [0.15, 0.2) is 0 Å². The van der Waals surface area contributed by atoms with Crippen molar-refractivity contribution in [2.75, 3.05) is 0 Å². The molecule has 0 spiro atoms. The minimum Gasteiger partial charge on any atom is -0.457 e. The summed E-state index contributed by atoms with van der Waals surface area (Å²) in [6.45, 7) is 0.155. The van der Waals surface area contributed by atoms with Gasteiger partial charge in [0, 0.05) is 15.7 Å². The van der Waals surface area contributed by atoms with Gasteiger partial charge in [-0.25, -0.2) is 4.79 Å². The summed E-state index contributed by atoms with van der Waals surface area (Å²) in [6.07, 6.45) is 0. The van der Waals surface area contributed by atoms with Crippen LogP contribution >= 0.6 is 22.6 Å². The smallest absolute Gasteiger partial charge is 0.338 e. The number of nitro groups is 1. The van der Waals surface area contributed by atoms with Crippen LogP contribution in [0.1, 0.15) is 15.9 Å². The van der Waals surface area contributed by atoms with E-state index in [0.717, 1.165) is 9.13 Å². The van der Waals surface area contributed by atoms with Crippen LogP contribution in [-0.4, -0.2) is 10.9 Å². The van der Waals surface area contributed by atoms with E-state index in [-0.39, 0.29) is 18.3 Å². The molecule has 0 saturated heterocycles. The number of ether oxygens (including phenoxy) is 2. The van der Waals surface area contributed by atoms with E-state index in [1.165, 1.54) is 24.3 Å². The molecule has 0 aliphatic heterocycles. The zero-order valence-electron chi connectivity index (χ0n) is 14.0. The lowest BCUT2D eigenvalue weighted by atomic mass is 10.2. The van der Waals surface area contributed by atoms with Gasteiger partial charge in [-0.1, -0.05) is 18.2 Å². The van der Waals surface area contributed by atoms with Crippen molar-refractivity contribution < 1.29 is 19.2 Å². The molecule has 7 heteroatoms. The highest BCUT2D eigenvalue weighted by Crippen LogP contribution is 2.24. The highest BCUT2D eigenvalue weighted by molar-refractivity contribution is 14.1. The maximum Gasteiger partial charge on any atom is 0.338 e. The van der Waals surface area contributed by atoms with E-state index < -0.39 is 4.92 Å². The maximum absolute atomic E-state index is 12.1. The zero-order valence-corrected chi connectivity index (χ0v) is 16.2. The van der Waals surface area contributed by atoms with E-state index in [2.05, 4.69) is 22.6 Å². The number of non-ortho nitro benzene ring substituents is 1. The predicted molar refractivity (Wildman–Crippen MR) is 108 cm³/mol. The Labute approximate surface area is 169 Å². The first-order valence-electron chi connectivity index (χ1n) is 7.95. The van der Waals surface area contributed by atoms with Gasteiger partial charge in [-0.05, 0) is 70.6 Å². The zero-order chi connectivity index (χ0) is 19.2. The van der Waals surface area contributed by atoms with Crippen LogP contribution in [0.25, 0.3) is 0 Å². The summed E-state index contributed by atoms with van der Waals surface area (Å²) in [5.41, 5.74) is 1.35. The normalized spacial score (nSPS) is 10.3. The Bertz CT molecular complexity index is 955. The van der Waals surface area contributed by atoms with E-state index in [1.807, 2.05) is 12.1 Å². The van der Waals surface area contributed by atoms with Crippen LogP contribution in [-0.2, 0) is 11.3 Å². The van der Waals surface area contributed by atoms with Crippen LogP contribution in [0.15, 0.2) is 72.8 Å². The minimum atomic E-state index is -0.462. The van der Waals surface area contributed by atoms with Gasteiger partial charge in [0.2, 0.25) is 0 Å². The number of nitrogens with zero attached hydrogens (tertiary/aromatic N) is 1. The van der Waals surface area contributed by atoms with E-state index in [0.29, 0.717) is 17.1 Å². The quantitative estimate of drug-likeness (QED) is 0.208. The lowest BCUT2D eigenvalue weighted by Crippen LogP contribution is -2.05. The Kier molecular flexibility index (Phi) is 6.02. The first-order chi connectivity index (χ1) is 13.0. The Balaban J connectivity index is 1.57. The van der Waals surface area contributed by atoms with Crippen molar-refractivity contribution in [2.24, 2.45) is 0 Å². The summed E-state index contributed by atoms with van der Waals surface area (Å²) in [5.74, 6) is 0.703. The molecule has 0 heterocycles. The molecule has 0 N–H and O–H groups in total. The van der Waals surface area contributed by atoms with E-state index in [9.17, 15) is 14.9 Å². The Hall–Kier alpha value is -2.94. The molecule has 3 aromatic rings. The van der Waals surface area contributed by atoms with Crippen LogP contribution in [0.2, 0.25) is 0 Å². The van der Waals surface area contributed by atoms with Crippen LogP contribution < -0.4 is 4.74 Å². The van der Waals surface area contributed by atoms with Crippen molar-refractivity contribution >= 4 is 34.2 Å². The highest BCUT2D eigenvalue weighted by Gasteiger charge is 2.08. The molecule has 3 rings (SSSR count). The fourth-order valence-electron chi connectivity index (χ4n) is 2.27. The summed E-state index contributed by atoms with van der Waals surface area (Å²) in [6, 6.07) is 20.1. The standard InChI is InChI=1S/C20H14INO5/c21-16-3-1-2-15(12-16)20(23)26-13-14-4-8-18(9-5-14)27-19-10-6-17(7-11-19)22(24)25/h1-12H,13H2. The van der Waals surface area contributed by atoms with Gasteiger partial charge in [-0.2, -0.15) is 0 Å². The van der Waals surface area contributed by atoms with Crippen molar-refractivity contribution in [3.05, 3.63) is 97.6 Å². The lowest BCUT2D eigenvalue weighted by Gasteiger charge is -2.08. The molecular weight excluding hydrogens is 461 g/mol. The fourth-order valence-corrected chi connectivity index (χ4v) is 2.82. The Morgan fingerprint density at radius 1 is 0.963 bits per heavy atom. The van der Waals surface area contributed by atoms with Gasteiger partial charge in [0.1, 0.15) is 18.1 Å². The highest BCUT2D eigenvalue weighted by atomic mass is 127. The second-order valence-corrected chi connectivity index (χ2v) is 6.83. The van der Waals surface area contributed by atoms with Crippen molar-refractivity contribution in [3.63, 3.8) is 0 Å². The number of hydrogen-bond donors (Lipinski definition) is 0. The summed E-state index contributed by atoms with van der Waals surface area (Å²) in [7, 11) is 0. The summed E-state index contributed by atoms with van der Waals surface area (Å²) in [5, 5.41) is 10.7. The molecule has 0 aliphatic carbocycles. The SMILES string of the molecule is O=C(OCc1ccc(Oc2ccc([N+](=O)[O-])cc2)cc1)c1cccc(I)c1. The third-order valence-electron chi connectivity index (χ3n) is 3.64.